The topological polar surface area (TPSA) is 26.9 Å². The van der Waals surface area contributed by atoms with Crippen molar-refractivity contribution >= 4 is 0 Å². The summed E-state index contributed by atoms with van der Waals surface area (Å²) in [6.07, 6.45) is -4.42. The van der Waals surface area contributed by atoms with Gasteiger partial charge in [-0.1, -0.05) is 19.9 Å². The maximum atomic E-state index is 12.6. The van der Waals surface area contributed by atoms with Gasteiger partial charge >= 0.3 is 6.18 Å². The van der Waals surface area contributed by atoms with Crippen molar-refractivity contribution < 1.29 is 13.2 Å². The average molecular weight is 286 g/mol. The quantitative estimate of drug-likeness (QED) is 0.788. The predicted molar refractivity (Wildman–Crippen MR) is 72.1 cm³/mol. The highest BCUT2D eigenvalue weighted by molar-refractivity contribution is 5.36. The van der Waals surface area contributed by atoms with Gasteiger partial charge in [-0.25, -0.2) is 4.68 Å². The highest BCUT2D eigenvalue weighted by Gasteiger charge is 2.30. The van der Waals surface area contributed by atoms with Crippen LogP contribution >= 0.6 is 0 Å². The molecule has 0 aliphatic heterocycles. The molecule has 2 aromatic rings. The molecule has 0 fully saturated rings. The largest absolute Gasteiger partial charge is 0.416 e. The Balaban J connectivity index is 0.000000956. The van der Waals surface area contributed by atoms with Crippen LogP contribution in [-0.4, -0.2) is 9.36 Å². The molecule has 1 aromatic heterocycles. The molecule has 0 spiro atoms. The monoisotopic (exact) mass is 286 g/mol. The maximum Gasteiger partial charge on any atom is 0.416 e. The molecule has 0 saturated carbocycles. The van der Waals surface area contributed by atoms with Crippen molar-refractivity contribution in [3.05, 3.63) is 51.9 Å². The summed E-state index contributed by atoms with van der Waals surface area (Å²) in [5.74, 6) is 0. The molecule has 0 aliphatic carbocycles. The lowest BCUT2D eigenvalue weighted by atomic mass is 10.2. The van der Waals surface area contributed by atoms with Gasteiger partial charge in [0, 0.05) is 18.8 Å². The molecule has 0 bridgehead atoms. The summed E-state index contributed by atoms with van der Waals surface area (Å²) in [6, 6.07) is 6.06. The number of hydrogen-bond donors (Lipinski definition) is 0. The fourth-order valence-corrected chi connectivity index (χ4v) is 1.75. The van der Waals surface area contributed by atoms with E-state index in [4.69, 9.17) is 0 Å². The number of halogens is 3. The molecule has 1 heterocycles. The van der Waals surface area contributed by atoms with Crippen LogP contribution in [0.1, 0.15) is 25.1 Å². The highest BCUT2D eigenvalue weighted by Crippen LogP contribution is 2.30. The van der Waals surface area contributed by atoms with Gasteiger partial charge in [-0.2, -0.15) is 13.2 Å². The Kier molecular flexibility index (Phi) is 4.81. The number of rotatable bonds is 1. The Morgan fingerprint density at radius 2 is 1.70 bits per heavy atom. The van der Waals surface area contributed by atoms with Gasteiger partial charge in [0.15, 0.2) is 0 Å². The lowest BCUT2D eigenvalue weighted by Crippen LogP contribution is -2.19. The normalized spacial score (nSPS) is 10.9. The van der Waals surface area contributed by atoms with E-state index >= 15 is 0 Å². The summed E-state index contributed by atoms with van der Waals surface area (Å²) in [6.45, 7) is 5.71. The number of benzene rings is 1. The third kappa shape index (κ3) is 3.12. The maximum absolute atomic E-state index is 12.6. The lowest BCUT2D eigenvalue weighted by Gasteiger charge is -2.11. The molecular weight excluding hydrogens is 269 g/mol. The number of nitrogens with zero attached hydrogens (tertiary/aromatic N) is 2. The van der Waals surface area contributed by atoms with Crippen molar-refractivity contribution in [3.8, 4) is 5.69 Å². The second-order valence-corrected chi connectivity index (χ2v) is 4.01. The molecule has 3 nitrogen and oxygen atoms in total. The summed E-state index contributed by atoms with van der Waals surface area (Å²) >= 11 is 0. The van der Waals surface area contributed by atoms with Crippen LogP contribution in [-0.2, 0) is 13.2 Å². The summed E-state index contributed by atoms with van der Waals surface area (Å²) in [5.41, 5.74) is -0.247. The Hall–Kier alpha value is -1.98. The number of hydrogen-bond acceptors (Lipinski definition) is 1. The van der Waals surface area contributed by atoms with Crippen LogP contribution in [0.15, 0.2) is 35.1 Å². The zero-order valence-corrected chi connectivity index (χ0v) is 11.8. The molecule has 0 amide bonds. The van der Waals surface area contributed by atoms with Crippen molar-refractivity contribution in [3.63, 3.8) is 0 Å². The molecule has 20 heavy (non-hydrogen) atoms. The Morgan fingerprint density at radius 3 is 2.15 bits per heavy atom. The third-order valence-corrected chi connectivity index (χ3v) is 2.77. The molecule has 0 saturated heterocycles. The minimum absolute atomic E-state index is 0.199. The molecule has 2 rings (SSSR count). The number of aromatic nitrogens is 2. The van der Waals surface area contributed by atoms with E-state index in [1.807, 2.05) is 13.8 Å². The first-order valence-corrected chi connectivity index (χ1v) is 6.24. The standard InChI is InChI=1S/C12H11F3N2O.C2H6/c1-8-6-11(18)17(16(8)2)10-5-3-4-9(7-10)12(13,14)15;1-2/h3-7H,1-2H3;1-2H3. The summed E-state index contributed by atoms with van der Waals surface area (Å²) in [5, 5.41) is 0. The number of alkyl halides is 3. The van der Waals surface area contributed by atoms with Gasteiger partial charge in [0.2, 0.25) is 0 Å². The molecular formula is C14H17F3N2O. The van der Waals surface area contributed by atoms with Crippen molar-refractivity contribution in [2.75, 3.05) is 0 Å². The van der Waals surface area contributed by atoms with E-state index in [0.717, 1.165) is 12.1 Å². The zero-order chi connectivity index (χ0) is 15.5. The number of aryl methyl sites for hydroxylation is 1. The lowest BCUT2D eigenvalue weighted by molar-refractivity contribution is -0.137. The molecule has 0 unspecified atom stereocenters. The summed E-state index contributed by atoms with van der Waals surface area (Å²) in [7, 11) is 1.62. The average Bonchev–Trinajstić information content (AvgIpc) is 2.65. The van der Waals surface area contributed by atoms with Crippen molar-refractivity contribution in [1.82, 2.24) is 9.36 Å². The minimum Gasteiger partial charge on any atom is -0.285 e. The first-order valence-electron chi connectivity index (χ1n) is 6.24. The van der Waals surface area contributed by atoms with Gasteiger partial charge < -0.3 is 0 Å². The molecule has 110 valence electrons. The van der Waals surface area contributed by atoms with E-state index in [-0.39, 0.29) is 11.2 Å². The Morgan fingerprint density at radius 1 is 1.10 bits per heavy atom. The third-order valence-electron chi connectivity index (χ3n) is 2.77. The second kappa shape index (κ2) is 5.98. The first-order chi connectivity index (χ1) is 9.30. The van der Waals surface area contributed by atoms with Crippen LogP contribution in [0.3, 0.4) is 0 Å². The molecule has 1 aromatic carbocycles. The van der Waals surface area contributed by atoms with Crippen LogP contribution < -0.4 is 5.56 Å². The second-order valence-electron chi connectivity index (χ2n) is 4.01. The summed E-state index contributed by atoms with van der Waals surface area (Å²) < 4.78 is 40.5. The fraction of sp³-hybridized carbons (Fsp3) is 0.357. The van der Waals surface area contributed by atoms with Crippen molar-refractivity contribution in [1.29, 1.82) is 0 Å². The summed E-state index contributed by atoms with van der Waals surface area (Å²) in [4.78, 5) is 11.7. The highest BCUT2D eigenvalue weighted by atomic mass is 19.4. The van der Waals surface area contributed by atoms with Gasteiger partial charge in [0.05, 0.1) is 11.3 Å². The smallest absolute Gasteiger partial charge is 0.285 e. The Bertz CT molecular complexity index is 639. The van der Waals surface area contributed by atoms with E-state index in [0.29, 0.717) is 5.69 Å². The zero-order valence-electron chi connectivity index (χ0n) is 11.8. The van der Waals surface area contributed by atoms with E-state index in [1.54, 1.807) is 14.0 Å². The van der Waals surface area contributed by atoms with Gasteiger partial charge in [-0.15, -0.1) is 0 Å². The first kappa shape index (κ1) is 16.1. The Labute approximate surface area is 115 Å². The van der Waals surface area contributed by atoms with Gasteiger partial charge in [0.1, 0.15) is 0 Å². The van der Waals surface area contributed by atoms with E-state index < -0.39 is 11.7 Å². The van der Waals surface area contributed by atoms with Gasteiger partial charge in [0.25, 0.3) is 5.56 Å². The molecule has 6 heteroatoms. The van der Waals surface area contributed by atoms with Crippen molar-refractivity contribution in [2.45, 2.75) is 26.9 Å². The van der Waals surface area contributed by atoms with Crippen molar-refractivity contribution in [2.24, 2.45) is 7.05 Å². The molecule has 0 aliphatic rings. The van der Waals surface area contributed by atoms with Gasteiger partial charge in [-0.3, -0.25) is 9.48 Å². The van der Waals surface area contributed by atoms with Crippen LogP contribution in [0.25, 0.3) is 5.69 Å². The van der Waals surface area contributed by atoms with E-state index in [9.17, 15) is 18.0 Å². The minimum atomic E-state index is -4.42. The van der Waals surface area contributed by atoms with Crippen LogP contribution in [0.4, 0.5) is 13.2 Å². The predicted octanol–water partition coefficient (Wildman–Crippen LogP) is 3.53. The SMILES string of the molecule is CC.Cc1cc(=O)n(-c2cccc(C(F)(F)F)c2)n1C. The molecule has 0 atom stereocenters. The molecule has 0 N–H and O–H groups in total. The van der Waals surface area contributed by atoms with Crippen LogP contribution in [0.2, 0.25) is 0 Å². The van der Waals surface area contributed by atoms with E-state index in [2.05, 4.69) is 0 Å². The van der Waals surface area contributed by atoms with Crippen LogP contribution in [0.5, 0.6) is 0 Å². The van der Waals surface area contributed by atoms with E-state index in [1.165, 1.54) is 27.6 Å². The molecule has 0 radical (unpaired) electrons. The fourth-order valence-electron chi connectivity index (χ4n) is 1.75. The van der Waals surface area contributed by atoms with Crippen LogP contribution in [0, 0.1) is 6.92 Å². The van der Waals surface area contributed by atoms with Gasteiger partial charge in [-0.05, 0) is 25.1 Å².